The summed E-state index contributed by atoms with van der Waals surface area (Å²) in [7, 11) is 0. The van der Waals surface area contributed by atoms with Gasteiger partial charge in [0.2, 0.25) is 5.91 Å². The molecule has 0 aliphatic rings. The van der Waals surface area contributed by atoms with Crippen molar-refractivity contribution in [3.8, 4) is 0 Å². The van der Waals surface area contributed by atoms with Crippen LogP contribution in [0.4, 0.5) is 14.5 Å². The molecule has 0 aliphatic heterocycles. The summed E-state index contributed by atoms with van der Waals surface area (Å²) in [5.74, 6) is -1.76. The highest BCUT2D eigenvalue weighted by Gasteiger charge is 2.02. The fraction of sp³-hybridized carbons (Fsp3) is 0.0714. The predicted molar refractivity (Wildman–Crippen MR) is 68.6 cm³/mol. The highest BCUT2D eigenvalue weighted by Crippen LogP contribution is 2.14. The lowest BCUT2D eigenvalue weighted by Gasteiger charge is -2.07. The van der Waals surface area contributed by atoms with Gasteiger partial charge in [-0.2, -0.15) is 0 Å². The number of amides is 1. The van der Waals surface area contributed by atoms with Crippen LogP contribution in [0.1, 0.15) is 15.9 Å². The molecule has 0 heterocycles. The highest BCUT2D eigenvalue weighted by atomic mass is 19.1. The maximum atomic E-state index is 13.0. The van der Waals surface area contributed by atoms with Crippen LogP contribution in [-0.2, 0) is 6.54 Å². The first kappa shape index (κ1) is 13.0. The summed E-state index contributed by atoms with van der Waals surface area (Å²) in [5, 5.41) is 2.90. The number of nitrogens with two attached hydrogens (primary N) is 1. The number of halogens is 2. The molecule has 0 saturated carbocycles. The highest BCUT2D eigenvalue weighted by molar-refractivity contribution is 5.92. The van der Waals surface area contributed by atoms with E-state index in [0.717, 1.165) is 11.6 Å². The van der Waals surface area contributed by atoms with Gasteiger partial charge in [0, 0.05) is 23.9 Å². The Morgan fingerprint density at radius 2 is 1.63 bits per heavy atom. The Morgan fingerprint density at radius 3 is 2.16 bits per heavy atom. The van der Waals surface area contributed by atoms with E-state index in [9.17, 15) is 13.6 Å². The first-order valence-electron chi connectivity index (χ1n) is 5.63. The first-order valence-corrected chi connectivity index (χ1v) is 5.63. The van der Waals surface area contributed by atoms with Gasteiger partial charge in [0.25, 0.3) is 0 Å². The fourth-order valence-electron chi connectivity index (χ4n) is 1.65. The van der Waals surface area contributed by atoms with Crippen molar-refractivity contribution in [3.05, 3.63) is 65.2 Å². The van der Waals surface area contributed by atoms with Gasteiger partial charge in [-0.25, -0.2) is 8.78 Å². The third-order valence-electron chi connectivity index (χ3n) is 2.60. The quantitative estimate of drug-likeness (QED) is 0.890. The van der Waals surface area contributed by atoms with Gasteiger partial charge < -0.3 is 11.1 Å². The smallest absolute Gasteiger partial charge is 0.248 e. The Hall–Kier alpha value is -2.43. The molecule has 19 heavy (non-hydrogen) atoms. The van der Waals surface area contributed by atoms with Crippen LogP contribution in [0, 0.1) is 11.6 Å². The van der Waals surface area contributed by atoms with Crippen LogP contribution in [-0.4, -0.2) is 5.91 Å². The SMILES string of the molecule is NC(=O)c1ccc(CNc2cc(F)cc(F)c2)cc1. The second-order valence-corrected chi connectivity index (χ2v) is 4.07. The van der Waals surface area contributed by atoms with Gasteiger partial charge in [0.05, 0.1) is 0 Å². The van der Waals surface area contributed by atoms with E-state index in [4.69, 9.17) is 5.73 Å². The zero-order chi connectivity index (χ0) is 13.8. The minimum atomic E-state index is -0.633. The normalized spacial score (nSPS) is 10.2. The lowest BCUT2D eigenvalue weighted by Crippen LogP contribution is -2.10. The van der Waals surface area contributed by atoms with Crippen LogP contribution >= 0.6 is 0 Å². The number of anilines is 1. The van der Waals surface area contributed by atoms with E-state index in [-0.39, 0.29) is 0 Å². The molecule has 0 spiro atoms. The van der Waals surface area contributed by atoms with Crippen LogP contribution in [0.3, 0.4) is 0 Å². The molecule has 0 aliphatic carbocycles. The Kier molecular flexibility index (Phi) is 3.75. The van der Waals surface area contributed by atoms with Gasteiger partial charge in [-0.3, -0.25) is 4.79 Å². The lowest BCUT2D eigenvalue weighted by atomic mass is 10.1. The molecule has 3 nitrogen and oxygen atoms in total. The van der Waals surface area contributed by atoms with Crippen LogP contribution in [0.5, 0.6) is 0 Å². The minimum Gasteiger partial charge on any atom is -0.381 e. The third-order valence-corrected chi connectivity index (χ3v) is 2.60. The summed E-state index contributed by atoms with van der Waals surface area (Å²) in [6.45, 7) is 0.391. The molecule has 0 fully saturated rings. The molecule has 0 saturated heterocycles. The topological polar surface area (TPSA) is 55.1 Å². The van der Waals surface area contributed by atoms with Crippen LogP contribution in [0.15, 0.2) is 42.5 Å². The van der Waals surface area contributed by atoms with E-state index in [1.54, 1.807) is 24.3 Å². The molecule has 2 aromatic carbocycles. The van der Waals surface area contributed by atoms with Gasteiger partial charge in [0.1, 0.15) is 11.6 Å². The molecule has 0 unspecified atom stereocenters. The van der Waals surface area contributed by atoms with Gasteiger partial charge in [-0.15, -0.1) is 0 Å². The largest absolute Gasteiger partial charge is 0.381 e. The summed E-state index contributed by atoms with van der Waals surface area (Å²) >= 11 is 0. The van der Waals surface area contributed by atoms with Crippen LogP contribution in [0.25, 0.3) is 0 Å². The van der Waals surface area contributed by atoms with Gasteiger partial charge >= 0.3 is 0 Å². The number of carbonyl (C=O) groups is 1. The van der Waals surface area contributed by atoms with Gasteiger partial charge in [-0.05, 0) is 29.8 Å². The molecule has 2 aromatic rings. The number of hydrogen-bond acceptors (Lipinski definition) is 2. The summed E-state index contributed by atoms with van der Waals surface area (Å²) in [6, 6.07) is 9.89. The summed E-state index contributed by atoms with van der Waals surface area (Å²) in [5.41, 5.74) is 6.77. The van der Waals surface area contributed by atoms with E-state index >= 15 is 0 Å². The molecule has 5 heteroatoms. The van der Waals surface area contributed by atoms with E-state index < -0.39 is 17.5 Å². The molecular weight excluding hydrogens is 250 g/mol. The summed E-state index contributed by atoms with van der Waals surface area (Å²) < 4.78 is 25.9. The van der Waals surface area contributed by atoms with Crippen molar-refractivity contribution in [2.75, 3.05) is 5.32 Å². The third kappa shape index (κ3) is 3.51. The van der Waals surface area contributed by atoms with Crippen LogP contribution < -0.4 is 11.1 Å². The second kappa shape index (κ2) is 5.48. The zero-order valence-electron chi connectivity index (χ0n) is 9.99. The Bertz CT molecular complexity index is 577. The molecule has 3 N–H and O–H groups in total. The van der Waals surface area contributed by atoms with E-state index in [1.807, 2.05) is 0 Å². The Balaban J connectivity index is 2.03. The maximum Gasteiger partial charge on any atom is 0.248 e. The molecule has 98 valence electrons. The molecule has 0 bridgehead atoms. The number of primary amides is 1. The lowest BCUT2D eigenvalue weighted by molar-refractivity contribution is 0.100. The van der Waals surface area contributed by atoms with E-state index in [2.05, 4.69) is 5.32 Å². The minimum absolute atomic E-state index is 0.358. The number of carbonyl (C=O) groups excluding carboxylic acids is 1. The van der Waals surface area contributed by atoms with Gasteiger partial charge in [0.15, 0.2) is 0 Å². The van der Waals surface area contributed by atoms with Gasteiger partial charge in [-0.1, -0.05) is 12.1 Å². The first-order chi connectivity index (χ1) is 9.04. The van der Waals surface area contributed by atoms with Crippen LogP contribution in [0.2, 0.25) is 0 Å². The fourth-order valence-corrected chi connectivity index (χ4v) is 1.65. The Labute approximate surface area is 109 Å². The molecule has 2 rings (SSSR count). The van der Waals surface area contributed by atoms with E-state index in [0.29, 0.717) is 17.8 Å². The predicted octanol–water partition coefficient (Wildman–Crippen LogP) is 2.68. The maximum absolute atomic E-state index is 13.0. The number of nitrogens with one attached hydrogen (secondary N) is 1. The summed E-state index contributed by atoms with van der Waals surface area (Å²) in [6.07, 6.45) is 0. The molecule has 0 radical (unpaired) electrons. The average molecular weight is 262 g/mol. The molecular formula is C14H12F2N2O. The Morgan fingerprint density at radius 1 is 1.05 bits per heavy atom. The van der Waals surface area contributed by atoms with Crippen molar-refractivity contribution in [2.45, 2.75) is 6.54 Å². The van der Waals surface area contributed by atoms with Crippen molar-refractivity contribution in [2.24, 2.45) is 5.73 Å². The van der Waals surface area contributed by atoms with E-state index in [1.165, 1.54) is 12.1 Å². The number of benzene rings is 2. The number of hydrogen-bond donors (Lipinski definition) is 2. The average Bonchev–Trinajstić information content (AvgIpc) is 2.36. The van der Waals surface area contributed by atoms with Crippen molar-refractivity contribution >= 4 is 11.6 Å². The molecule has 1 amide bonds. The molecule has 0 aromatic heterocycles. The van der Waals surface area contributed by atoms with Crippen molar-refractivity contribution in [1.29, 1.82) is 0 Å². The molecule has 0 atom stereocenters. The monoisotopic (exact) mass is 262 g/mol. The standard InChI is InChI=1S/C14H12F2N2O/c15-11-5-12(16)7-13(6-11)18-8-9-1-3-10(4-2-9)14(17)19/h1-7,18H,8H2,(H2,17,19). The second-order valence-electron chi connectivity index (χ2n) is 4.07. The van der Waals surface area contributed by atoms with Crippen molar-refractivity contribution < 1.29 is 13.6 Å². The zero-order valence-corrected chi connectivity index (χ0v) is 9.99. The number of rotatable bonds is 4. The summed E-state index contributed by atoms with van der Waals surface area (Å²) in [4.78, 5) is 10.9. The van der Waals surface area contributed by atoms with Crippen molar-refractivity contribution in [1.82, 2.24) is 0 Å². The van der Waals surface area contributed by atoms with Crippen molar-refractivity contribution in [3.63, 3.8) is 0 Å².